The smallest absolute Gasteiger partial charge is 0.232 e. The Kier molecular flexibility index (Phi) is 4.71. The second kappa shape index (κ2) is 5.65. The standard InChI is InChI=1S/C11H11Cl2F2NO/c1-11(5-12,6-13)10(17)16-9-3-2-7(14)4-8(9)15/h2-4H,5-6H2,1H3,(H,16,17). The fourth-order valence-electron chi connectivity index (χ4n) is 1.02. The van der Waals surface area contributed by atoms with Crippen LogP contribution in [-0.4, -0.2) is 17.7 Å². The Morgan fingerprint density at radius 3 is 2.41 bits per heavy atom. The second-order valence-electron chi connectivity index (χ2n) is 3.91. The Hall–Kier alpha value is -0.870. The van der Waals surface area contributed by atoms with Crippen LogP contribution in [0.1, 0.15) is 6.92 Å². The van der Waals surface area contributed by atoms with Crippen molar-refractivity contribution in [3.8, 4) is 0 Å². The number of anilines is 1. The van der Waals surface area contributed by atoms with E-state index < -0.39 is 23.0 Å². The lowest BCUT2D eigenvalue weighted by molar-refractivity contribution is -0.122. The van der Waals surface area contributed by atoms with Crippen molar-refractivity contribution in [1.82, 2.24) is 0 Å². The fourth-order valence-corrected chi connectivity index (χ4v) is 1.55. The summed E-state index contributed by atoms with van der Waals surface area (Å²) in [6, 6.07) is 2.89. The summed E-state index contributed by atoms with van der Waals surface area (Å²) in [6.45, 7) is 1.56. The van der Waals surface area contributed by atoms with Gasteiger partial charge in [-0.2, -0.15) is 0 Å². The number of rotatable bonds is 4. The lowest BCUT2D eigenvalue weighted by Crippen LogP contribution is -2.37. The van der Waals surface area contributed by atoms with Gasteiger partial charge in [0.1, 0.15) is 11.6 Å². The van der Waals surface area contributed by atoms with Crippen molar-refractivity contribution in [3.05, 3.63) is 29.8 Å². The van der Waals surface area contributed by atoms with Crippen molar-refractivity contribution < 1.29 is 13.6 Å². The summed E-state index contributed by atoms with van der Waals surface area (Å²) >= 11 is 11.3. The third kappa shape index (κ3) is 3.30. The number of benzene rings is 1. The van der Waals surface area contributed by atoms with Crippen LogP contribution in [0.4, 0.5) is 14.5 Å². The van der Waals surface area contributed by atoms with Crippen LogP contribution in [0.2, 0.25) is 0 Å². The number of alkyl halides is 2. The zero-order valence-electron chi connectivity index (χ0n) is 9.07. The van der Waals surface area contributed by atoms with E-state index >= 15 is 0 Å². The van der Waals surface area contributed by atoms with E-state index in [0.717, 1.165) is 12.1 Å². The minimum atomic E-state index is -0.996. The van der Waals surface area contributed by atoms with Crippen molar-refractivity contribution in [1.29, 1.82) is 0 Å². The third-order valence-electron chi connectivity index (χ3n) is 2.32. The molecular weight excluding hydrogens is 271 g/mol. The number of amides is 1. The Bertz CT molecular complexity index is 422. The summed E-state index contributed by atoms with van der Waals surface area (Å²) in [5.74, 6) is -2.05. The summed E-state index contributed by atoms with van der Waals surface area (Å²) in [5, 5.41) is 2.33. The molecule has 1 rings (SSSR count). The predicted octanol–water partition coefficient (Wildman–Crippen LogP) is 3.39. The molecule has 0 atom stereocenters. The first-order valence-corrected chi connectivity index (χ1v) is 5.88. The van der Waals surface area contributed by atoms with Crippen LogP contribution in [0.5, 0.6) is 0 Å². The van der Waals surface area contributed by atoms with Gasteiger partial charge in [0, 0.05) is 17.8 Å². The summed E-state index contributed by atoms with van der Waals surface area (Å²) in [4.78, 5) is 11.8. The zero-order valence-corrected chi connectivity index (χ0v) is 10.6. The molecule has 17 heavy (non-hydrogen) atoms. The number of carbonyl (C=O) groups excluding carboxylic acids is 1. The van der Waals surface area contributed by atoms with Crippen LogP contribution in [0, 0.1) is 17.0 Å². The second-order valence-corrected chi connectivity index (χ2v) is 4.44. The minimum absolute atomic E-state index is 0.00511. The molecule has 1 aromatic carbocycles. The molecule has 0 unspecified atom stereocenters. The number of carbonyl (C=O) groups is 1. The maximum atomic E-state index is 13.3. The van der Waals surface area contributed by atoms with E-state index in [9.17, 15) is 13.6 Å². The van der Waals surface area contributed by atoms with Gasteiger partial charge in [0.25, 0.3) is 0 Å². The molecule has 0 fully saturated rings. The Morgan fingerprint density at radius 1 is 1.35 bits per heavy atom. The first-order chi connectivity index (χ1) is 7.92. The molecule has 94 valence electrons. The molecule has 0 saturated heterocycles. The molecule has 0 bridgehead atoms. The molecule has 0 aliphatic heterocycles. The molecule has 0 heterocycles. The predicted molar refractivity (Wildman–Crippen MR) is 64.5 cm³/mol. The normalized spacial score (nSPS) is 11.4. The van der Waals surface area contributed by atoms with E-state index in [0.29, 0.717) is 6.07 Å². The molecule has 6 heteroatoms. The average Bonchev–Trinajstić information content (AvgIpc) is 2.31. The van der Waals surface area contributed by atoms with Gasteiger partial charge in [0.15, 0.2) is 0 Å². The minimum Gasteiger partial charge on any atom is -0.323 e. The van der Waals surface area contributed by atoms with Gasteiger partial charge in [-0.1, -0.05) is 0 Å². The molecule has 0 radical (unpaired) electrons. The summed E-state index contributed by atoms with van der Waals surface area (Å²) in [5.41, 5.74) is -1.10. The molecule has 1 N–H and O–H groups in total. The van der Waals surface area contributed by atoms with Gasteiger partial charge in [-0.3, -0.25) is 4.79 Å². The van der Waals surface area contributed by atoms with Crippen LogP contribution in [0.25, 0.3) is 0 Å². The van der Waals surface area contributed by atoms with Gasteiger partial charge in [0.05, 0.1) is 11.1 Å². The van der Waals surface area contributed by atoms with Gasteiger partial charge in [0.2, 0.25) is 5.91 Å². The largest absolute Gasteiger partial charge is 0.323 e. The van der Waals surface area contributed by atoms with Gasteiger partial charge in [-0.15, -0.1) is 23.2 Å². The highest BCUT2D eigenvalue weighted by atomic mass is 35.5. The summed E-state index contributed by atoms with van der Waals surface area (Å²) < 4.78 is 25.9. The van der Waals surface area contributed by atoms with Gasteiger partial charge < -0.3 is 5.32 Å². The lowest BCUT2D eigenvalue weighted by atomic mass is 9.95. The van der Waals surface area contributed by atoms with Crippen LogP contribution in [0.15, 0.2) is 18.2 Å². The quantitative estimate of drug-likeness (QED) is 0.843. The zero-order chi connectivity index (χ0) is 13.1. The molecule has 0 saturated carbocycles. The highest BCUT2D eigenvalue weighted by Crippen LogP contribution is 2.24. The molecule has 1 amide bonds. The average molecular weight is 282 g/mol. The number of halogens is 4. The third-order valence-corrected chi connectivity index (χ3v) is 3.50. The van der Waals surface area contributed by atoms with Crippen molar-refractivity contribution in [2.45, 2.75) is 6.92 Å². The Labute approximate surface area is 108 Å². The maximum absolute atomic E-state index is 13.3. The molecular formula is C11H11Cl2F2NO. The van der Waals surface area contributed by atoms with E-state index in [1.807, 2.05) is 0 Å². The molecule has 1 aromatic rings. The lowest BCUT2D eigenvalue weighted by Gasteiger charge is -2.23. The van der Waals surface area contributed by atoms with E-state index in [2.05, 4.69) is 5.32 Å². The van der Waals surface area contributed by atoms with E-state index in [-0.39, 0.29) is 17.4 Å². The number of nitrogens with one attached hydrogen (secondary N) is 1. The monoisotopic (exact) mass is 281 g/mol. The van der Waals surface area contributed by atoms with Crippen molar-refractivity contribution in [2.24, 2.45) is 5.41 Å². The van der Waals surface area contributed by atoms with Gasteiger partial charge >= 0.3 is 0 Å². The van der Waals surface area contributed by atoms with Crippen molar-refractivity contribution in [2.75, 3.05) is 17.1 Å². The Morgan fingerprint density at radius 2 is 1.94 bits per heavy atom. The molecule has 0 spiro atoms. The molecule has 2 nitrogen and oxygen atoms in total. The van der Waals surface area contributed by atoms with E-state index in [1.165, 1.54) is 0 Å². The molecule has 0 aliphatic rings. The fraction of sp³-hybridized carbons (Fsp3) is 0.364. The van der Waals surface area contributed by atoms with Gasteiger partial charge in [-0.25, -0.2) is 8.78 Å². The summed E-state index contributed by atoms with van der Waals surface area (Å²) in [7, 11) is 0. The van der Waals surface area contributed by atoms with Crippen LogP contribution in [-0.2, 0) is 4.79 Å². The van der Waals surface area contributed by atoms with Crippen molar-refractivity contribution >= 4 is 34.8 Å². The molecule has 0 aromatic heterocycles. The SMILES string of the molecule is CC(CCl)(CCl)C(=O)Nc1ccc(F)cc1F. The number of hydrogen-bond donors (Lipinski definition) is 1. The van der Waals surface area contributed by atoms with E-state index in [4.69, 9.17) is 23.2 Å². The Balaban J connectivity index is 2.88. The van der Waals surface area contributed by atoms with E-state index in [1.54, 1.807) is 6.92 Å². The van der Waals surface area contributed by atoms with Crippen LogP contribution in [0.3, 0.4) is 0 Å². The highest BCUT2D eigenvalue weighted by Gasteiger charge is 2.32. The van der Waals surface area contributed by atoms with Crippen molar-refractivity contribution in [3.63, 3.8) is 0 Å². The first kappa shape index (κ1) is 14.2. The summed E-state index contributed by atoms with van der Waals surface area (Å²) in [6.07, 6.45) is 0. The van der Waals surface area contributed by atoms with Crippen LogP contribution >= 0.6 is 23.2 Å². The maximum Gasteiger partial charge on any atom is 0.232 e. The highest BCUT2D eigenvalue weighted by molar-refractivity contribution is 6.24. The molecule has 0 aliphatic carbocycles. The topological polar surface area (TPSA) is 29.1 Å². The number of hydrogen-bond acceptors (Lipinski definition) is 1. The van der Waals surface area contributed by atoms with Gasteiger partial charge in [-0.05, 0) is 19.1 Å². The first-order valence-electron chi connectivity index (χ1n) is 4.81. The van der Waals surface area contributed by atoms with Crippen LogP contribution < -0.4 is 5.32 Å².